The molecule has 9 nitrogen and oxygen atoms in total. The summed E-state index contributed by atoms with van der Waals surface area (Å²) in [6.45, 7) is -1.42. The van der Waals surface area contributed by atoms with Crippen LogP contribution < -0.4 is 11.1 Å². The predicted octanol–water partition coefficient (Wildman–Crippen LogP) is -2.81. The van der Waals surface area contributed by atoms with Crippen molar-refractivity contribution in [1.29, 1.82) is 0 Å². The quantitative estimate of drug-likeness (QED) is 0.380. The molecule has 0 aliphatic carbocycles. The Morgan fingerprint density at radius 2 is 2.19 bits per heavy atom. The molecule has 116 valence electrons. The number of aliphatic imine (C=N–C) groups is 1. The van der Waals surface area contributed by atoms with E-state index < -0.39 is 43.4 Å². The minimum Gasteiger partial charge on any atom is -0.393 e. The Kier molecular flexibility index (Phi) is 3.32. The van der Waals surface area contributed by atoms with Gasteiger partial charge in [-0.2, -0.15) is 5.10 Å². The molecule has 3 aliphatic heterocycles. The lowest BCUT2D eigenvalue weighted by Gasteiger charge is -2.29. The van der Waals surface area contributed by atoms with Gasteiger partial charge >= 0.3 is 0 Å². The molecule has 1 saturated heterocycles. The molecule has 1 fully saturated rings. The summed E-state index contributed by atoms with van der Waals surface area (Å²) < 4.78 is 19.8. The Labute approximate surface area is 119 Å². The minimum atomic E-state index is -1.83. The Bertz CT molecular complexity index is 521. The summed E-state index contributed by atoms with van der Waals surface area (Å²) in [4.78, 5) is 3.83. The molecular weight excluding hydrogens is 285 g/mol. The number of nitrogens with one attached hydrogen (secondary N) is 1. The number of fused-ring (bicyclic) bond motifs is 1. The zero-order valence-electron chi connectivity index (χ0n) is 10.9. The van der Waals surface area contributed by atoms with Gasteiger partial charge in [0.25, 0.3) is 0 Å². The largest absolute Gasteiger partial charge is 0.393 e. The van der Waals surface area contributed by atoms with Crippen LogP contribution >= 0.6 is 0 Å². The molecule has 0 aromatic carbocycles. The van der Waals surface area contributed by atoms with Crippen LogP contribution in [-0.4, -0.2) is 75.9 Å². The zero-order chi connectivity index (χ0) is 15.2. The van der Waals surface area contributed by atoms with E-state index in [1.807, 2.05) is 0 Å². The summed E-state index contributed by atoms with van der Waals surface area (Å²) in [6.07, 6.45) is -2.54. The number of rotatable bonds is 3. The van der Waals surface area contributed by atoms with Crippen molar-refractivity contribution in [3.8, 4) is 0 Å². The van der Waals surface area contributed by atoms with Crippen LogP contribution in [0.1, 0.15) is 0 Å². The van der Waals surface area contributed by atoms with E-state index in [1.54, 1.807) is 0 Å². The molecule has 0 amide bonds. The molecule has 6 N–H and O–H groups in total. The fraction of sp³-hybridized carbons (Fsp3) is 0.636. The van der Waals surface area contributed by atoms with Gasteiger partial charge in [-0.15, -0.1) is 0 Å². The Balaban J connectivity index is 1.86. The van der Waals surface area contributed by atoms with Crippen LogP contribution in [0.3, 0.4) is 0 Å². The van der Waals surface area contributed by atoms with Crippen molar-refractivity contribution >= 4 is 12.2 Å². The number of halogens is 1. The van der Waals surface area contributed by atoms with Gasteiger partial charge in [0.05, 0.1) is 18.9 Å². The second-order valence-corrected chi connectivity index (χ2v) is 5.08. The number of ether oxygens (including phenoxy) is 1. The summed E-state index contributed by atoms with van der Waals surface area (Å²) in [7, 11) is 0. The molecule has 0 aromatic rings. The number of aliphatic hydroxyl groups is 3. The van der Waals surface area contributed by atoms with Gasteiger partial charge in [0, 0.05) is 6.20 Å². The molecule has 4 atom stereocenters. The number of alkyl halides is 1. The monoisotopic (exact) mass is 301 g/mol. The van der Waals surface area contributed by atoms with Crippen molar-refractivity contribution in [2.75, 3.05) is 13.2 Å². The topological polar surface area (TPSA) is 136 Å². The van der Waals surface area contributed by atoms with Gasteiger partial charge in [0.1, 0.15) is 30.0 Å². The third-order valence-electron chi connectivity index (χ3n) is 3.88. The summed E-state index contributed by atoms with van der Waals surface area (Å²) in [5, 5.41) is 36.8. The summed E-state index contributed by atoms with van der Waals surface area (Å²) in [5.74, 6) is 0.251. The lowest BCUT2D eigenvalue weighted by molar-refractivity contribution is -0.132. The average molecular weight is 301 g/mol. The van der Waals surface area contributed by atoms with Gasteiger partial charge < -0.3 is 31.1 Å². The second-order valence-electron chi connectivity index (χ2n) is 5.08. The third-order valence-corrected chi connectivity index (χ3v) is 3.88. The van der Waals surface area contributed by atoms with Crippen LogP contribution in [-0.2, 0) is 4.74 Å². The maximum absolute atomic E-state index is 14.4. The fourth-order valence-corrected chi connectivity index (χ4v) is 2.60. The van der Waals surface area contributed by atoms with E-state index in [0.29, 0.717) is 5.70 Å². The first-order chi connectivity index (χ1) is 10.0. The second kappa shape index (κ2) is 4.91. The number of hydrogen-bond acceptors (Lipinski definition) is 9. The van der Waals surface area contributed by atoms with Gasteiger partial charge in [-0.25, -0.2) is 14.4 Å². The Morgan fingerprint density at radius 1 is 1.48 bits per heavy atom. The van der Waals surface area contributed by atoms with Crippen LogP contribution in [0.2, 0.25) is 0 Å². The Hall–Kier alpha value is -1.75. The van der Waals surface area contributed by atoms with E-state index in [4.69, 9.17) is 10.5 Å². The van der Waals surface area contributed by atoms with E-state index in [1.165, 1.54) is 17.5 Å². The van der Waals surface area contributed by atoms with Crippen LogP contribution in [0.15, 0.2) is 22.0 Å². The SMILES string of the molecule is NC1=NC=NN2C([C@@H]3OC(CO)(CO)[C@@H](O)[C@H]3F)=CNC12. The van der Waals surface area contributed by atoms with E-state index in [2.05, 4.69) is 15.4 Å². The van der Waals surface area contributed by atoms with Crippen molar-refractivity contribution in [3.63, 3.8) is 0 Å². The number of aliphatic hydroxyl groups excluding tert-OH is 3. The molecule has 0 bridgehead atoms. The highest BCUT2D eigenvalue weighted by Crippen LogP contribution is 2.38. The molecule has 1 unspecified atom stereocenters. The summed E-state index contributed by atoms with van der Waals surface area (Å²) >= 11 is 0. The molecule has 10 heteroatoms. The zero-order valence-corrected chi connectivity index (χ0v) is 10.9. The number of nitrogens with zero attached hydrogens (tertiary/aromatic N) is 3. The fourth-order valence-electron chi connectivity index (χ4n) is 2.60. The van der Waals surface area contributed by atoms with E-state index >= 15 is 0 Å². The highest BCUT2D eigenvalue weighted by molar-refractivity contribution is 5.93. The molecule has 3 heterocycles. The molecule has 21 heavy (non-hydrogen) atoms. The van der Waals surface area contributed by atoms with Crippen molar-refractivity contribution in [2.45, 2.75) is 30.1 Å². The molecule has 0 aromatic heterocycles. The Morgan fingerprint density at radius 3 is 2.81 bits per heavy atom. The van der Waals surface area contributed by atoms with Crippen LogP contribution in [0.25, 0.3) is 0 Å². The van der Waals surface area contributed by atoms with Crippen molar-refractivity contribution < 1.29 is 24.4 Å². The number of nitrogens with two attached hydrogens (primary N) is 1. The first kappa shape index (κ1) is 14.2. The van der Waals surface area contributed by atoms with Crippen molar-refractivity contribution in [1.82, 2.24) is 10.3 Å². The molecule has 0 saturated carbocycles. The smallest absolute Gasteiger partial charge is 0.178 e. The first-order valence-corrected chi connectivity index (χ1v) is 6.37. The summed E-state index contributed by atoms with van der Waals surface area (Å²) in [6, 6.07) is 0. The maximum Gasteiger partial charge on any atom is 0.178 e. The van der Waals surface area contributed by atoms with Gasteiger partial charge in [0.15, 0.2) is 12.3 Å². The van der Waals surface area contributed by atoms with Crippen molar-refractivity contribution in [3.05, 3.63) is 11.9 Å². The van der Waals surface area contributed by atoms with Crippen LogP contribution in [0.4, 0.5) is 4.39 Å². The average Bonchev–Trinajstić information content (AvgIpc) is 3.02. The van der Waals surface area contributed by atoms with E-state index in [9.17, 15) is 19.7 Å². The normalized spacial score (nSPS) is 37.0. The third kappa shape index (κ3) is 1.91. The van der Waals surface area contributed by atoms with Gasteiger partial charge in [-0.1, -0.05) is 0 Å². The molecule has 0 radical (unpaired) electrons. The van der Waals surface area contributed by atoms with Gasteiger partial charge in [-0.3, -0.25) is 0 Å². The molecular formula is C11H16FN5O4. The first-order valence-electron chi connectivity index (χ1n) is 6.37. The van der Waals surface area contributed by atoms with Crippen LogP contribution in [0, 0.1) is 0 Å². The standard InChI is InChI=1S/C11H16FN5O4/c12-6-7(21-11(2-18,3-19)8(6)20)5-1-14-10-9(13)15-4-16-17(5)10/h1,4,6-8,10,14,18-20H,2-3H2,(H2,13,15,16)/t6-,7-,8-,10?/m0/s1. The van der Waals surface area contributed by atoms with E-state index in [0.717, 1.165) is 0 Å². The lowest BCUT2D eigenvalue weighted by Crippen LogP contribution is -2.48. The number of hydrazone groups is 1. The minimum absolute atomic E-state index is 0.251. The van der Waals surface area contributed by atoms with Gasteiger partial charge in [0.2, 0.25) is 0 Å². The highest BCUT2D eigenvalue weighted by atomic mass is 19.1. The molecule has 3 rings (SSSR count). The molecule has 0 spiro atoms. The number of hydrogen-bond donors (Lipinski definition) is 5. The highest BCUT2D eigenvalue weighted by Gasteiger charge is 2.57. The lowest BCUT2D eigenvalue weighted by atomic mass is 9.96. The maximum atomic E-state index is 14.4. The van der Waals surface area contributed by atoms with Crippen molar-refractivity contribution in [2.24, 2.45) is 15.8 Å². The van der Waals surface area contributed by atoms with E-state index in [-0.39, 0.29) is 5.84 Å². The predicted molar refractivity (Wildman–Crippen MR) is 69.6 cm³/mol. The molecule has 3 aliphatic rings. The number of amidine groups is 1. The van der Waals surface area contributed by atoms with Crippen LogP contribution in [0.5, 0.6) is 0 Å². The summed E-state index contributed by atoms with van der Waals surface area (Å²) in [5.41, 5.74) is 4.25. The van der Waals surface area contributed by atoms with Gasteiger partial charge in [-0.05, 0) is 0 Å².